The maximum atomic E-state index is 11.3. The van der Waals surface area contributed by atoms with Gasteiger partial charge in [0.25, 0.3) is 0 Å². The molecule has 6 heteroatoms. The molecule has 146 valence electrons. The fraction of sp³-hybridized carbons (Fsp3) is 0.182. The number of benzene rings is 2. The second kappa shape index (κ2) is 10.6. The summed E-state index contributed by atoms with van der Waals surface area (Å²) in [5.41, 5.74) is 2.29. The average Bonchev–Trinajstić information content (AvgIpc) is 3.22. The number of nitrogens with zero attached hydrogens (tertiary/aromatic N) is 1. The lowest BCUT2D eigenvalue weighted by Crippen LogP contribution is -2.06. The number of hydrogen-bond donors (Lipinski definition) is 0. The molecule has 0 bridgehead atoms. The number of esters is 1. The number of carbonyl (C=O) groups is 2. The number of carbonyl (C=O) groups excluding carboxylic acids is 2. The van der Waals surface area contributed by atoms with Crippen molar-refractivity contribution in [3.05, 3.63) is 78.3 Å². The topological polar surface area (TPSA) is 69.0 Å². The van der Waals surface area contributed by atoms with Gasteiger partial charge in [0.1, 0.15) is 18.1 Å². The van der Waals surface area contributed by atoms with Crippen molar-refractivity contribution in [2.75, 3.05) is 21.2 Å². The minimum atomic E-state index is -0.497. The first-order valence-corrected chi connectivity index (χ1v) is 8.60. The Labute approximate surface area is 164 Å². The van der Waals surface area contributed by atoms with Crippen LogP contribution in [0.25, 0.3) is 11.1 Å². The monoisotopic (exact) mass is 381 g/mol. The Hall–Kier alpha value is -3.54. The highest BCUT2D eigenvalue weighted by atomic mass is 16.5. The van der Waals surface area contributed by atoms with E-state index < -0.39 is 5.97 Å². The van der Waals surface area contributed by atoms with E-state index in [-0.39, 0.29) is 12.4 Å². The van der Waals surface area contributed by atoms with Gasteiger partial charge in [-0.2, -0.15) is 0 Å². The van der Waals surface area contributed by atoms with Gasteiger partial charge in [-0.3, -0.25) is 4.79 Å². The fourth-order valence-electron chi connectivity index (χ4n) is 2.19. The van der Waals surface area contributed by atoms with Gasteiger partial charge < -0.3 is 18.8 Å². The summed E-state index contributed by atoms with van der Waals surface area (Å²) in [5.74, 6) is 0.979. The first-order valence-electron chi connectivity index (χ1n) is 8.60. The lowest BCUT2D eigenvalue weighted by atomic mass is 10.1. The third-order valence-electron chi connectivity index (χ3n) is 3.60. The van der Waals surface area contributed by atoms with Crippen molar-refractivity contribution in [3.63, 3.8) is 0 Å². The third kappa shape index (κ3) is 6.32. The Bertz CT molecular complexity index is 869. The maximum absolute atomic E-state index is 11.3. The van der Waals surface area contributed by atoms with Crippen LogP contribution in [0.15, 0.2) is 71.1 Å². The summed E-state index contributed by atoms with van der Waals surface area (Å²) in [6.45, 7) is 0.252. The number of ether oxygens (including phenoxy) is 2. The van der Waals surface area contributed by atoms with Crippen LogP contribution in [0.5, 0.6) is 5.75 Å². The Kier molecular flexibility index (Phi) is 7.84. The van der Waals surface area contributed by atoms with Crippen LogP contribution in [0.2, 0.25) is 0 Å². The summed E-state index contributed by atoms with van der Waals surface area (Å²) in [6.07, 6.45) is 0.750. The predicted octanol–water partition coefficient (Wildman–Crippen LogP) is 4.02. The molecule has 2 aromatic carbocycles. The summed E-state index contributed by atoms with van der Waals surface area (Å²) in [7, 11) is 4.69. The molecule has 3 aromatic rings. The molecule has 0 radical (unpaired) electrons. The second-order valence-corrected chi connectivity index (χ2v) is 6.01. The van der Waals surface area contributed by atoms with Gasteiger partial charge >= 0.3 is 5.97 Å². The highest BCUT2D eigenvalue weighted by molar-refractivity contribution is 5.86. The molecule has 0 saturated heterocycles. The van der Waals surface area contributed by atoms with Gasteiger partial charge in [0.15, 0.2) is 0 Å². The molecule has 1 amide bonds. The molecule has 0 spiro atoms. The SMILES string of the molecule is CN(C)C=O.COC(=O)c1ccc(COc2ccc(-c3ccccc3)cc2)o1. The summed E-state index contributed by atoms with van der Waals surface area (Å²) < 4.78 is 15.6. The molecule has 0 aliphatic carbocycles. The Balaban J connectivity index is 0.000000500. The van der Waals surface area contributed by atoms with E-state index >= 15 is 0 Å². The highest BCUT2D eigenvalue weighted by Crippen LogP contribution is 2.22. The van der Waals surface area contributed by atoms with E-state index in [9.17, 15) is 9.59 Å². The third-order valence-corrected chi connectivity index (χ3v) is 3.60. The van der Waals surface area contributed by atoms with Crippen LogP contribution in [-0.2, 0) is 16.1 Å². The van der Waals surface area contributed by atoms with Crippen LogP contribution >= 0.6 is 0 Å². The smallest absolute Gasteiger partial charge is 0.373 e. The average molecular weight is 381 g/mol. The first-order chi connectivity index (χ1) is 13.5. The van der Waals surface area contributed by atoms with Crippen LogP contribution in [0.3, 0.4) is 0 Å². The lowest BCUT2D eigenvalue weighted by Gasteiger charge is -2.06. The molecule has 0 fully saturated rings. The van der Waals surface area contributed by atoms with Gasteiger partial charge in [0, 0.05) is 14.1 Å². The molecule has 0 unspecified atom stereocenters. The number of hydrogen-bond acceptors (Lipinski definition) is 5. The van der Waals surface area contributed by atoms with Gasteiger partial charge in [0.2, 0.25) is 12.2 Å². The van der Waals surface area contributed by atoms with Crippen molar-refractivity contribution < 1.29 is 23.5 Å². The number of methoxy groups -OCH3 is 1. The minimum Gasteiger partial charge on any atom is -0.486 e. The van der Waals surface area contributed by atoms with Crippen molar-refractivity contribution in [1.82, 2.24) is 4.90 Å². The maximum Gasteiger partial charge on any atom is 0.373 e. The summed E-state index contributed by atoms with van der Waals surface area (Å²) in [5, 5.41) is 0. The largest absolute Gasteiger partial charge is 0.486 e. The zero-order chi connectivity index (χ0) is 20.4. The van der Waals surface area contributed by atoms with Crippen LogP contribution < -0.4 is 4.74 Å². The van der Waals surface area contributed by atoms with E-state index in [0.717, 1.165) is 23.3 Å². The number of furan rings is 1. The normalized spacial score (nSPS) is 9.68. The van der Waals surface area contributed by atoms with E-state index in [1.54, 1.807) is 26.2 Å². The van der Waals surface area contributed by atoms with Crippen molar-refractivity contribution in [1.29, 1.82) is 0 Å². The Morgan fingerprint density at radius 3 is 2.14 bits per heavy atom. The van der Waals surface area contributed by atoms with Gasteiger partial charge in [-0.15, -0.1) is 0 Å². The van der Waals surface area contributed by atoms with Gasteiger partial charge in [0.05, 0.1) is 7.11 Å². The van der Waals surface area contributed by atoms with Crippen molar-refractivity contribution in [2.24, 2.45) is 0 Å². The zero-order valence-electron chi connectivity index (χ0n) is 16.1. The van der Waals surface area contributed by atoms with E-state index in [1.807, 2.05) is 42.5 Å². The van der Waals surface area contributed by atoms with E-state index in [2.05, 4.69) is 16.9 Å². The molecule has 0 aliphatic heterocycles. The molecule has 0 aliphatic rings. The molecule has 28 heavy (non-hydrogen) atoms. The van der Waals surface area contributed by atoms with Gasteiger partial charge in [-0.25, -0.2) is 4.79 Å². The molecule has 1 aromatic heterocycles. The van der Waals surface area contributed by atoms with Crippen molar-refractivity contribution >= 4 is 12.4 Å². The van der Waals surface area contributed by atoms with Gasteiger partial charge in [-0.1, -0.05) is 42.5 Å². The van der Waals surface area contributed by atoms with Crippen molar-refractivity contribution in [2.45, 2.75) is 6.61 Å². The molecular weight excluding hydrogens is 358 g/mol. The van der Waals surface area contributed by atoms with Crippen LogP contribution in [0.1, 0.15) is 16.3 Å². The first kappa shape index (κ1) is 20.8. The number of rotatable bonds is 6. The van der Waals surface area contributed by atoms with Crippen LogP contribution in [-0.4, -0.2) is 38.5 Å². The summed E-state index contributed by atoms with van der Waals surface area (Å²) in [4.78, 5) is 22.2. The molecule has 0 N–H and O–H groups in total. The molecule has 0 saturated carbocycles. The molecule has 0 atom stereocenters. The van der Waals surface area contributed by atoms with Gasteiger partial charge in [-0.05, 0) is 35.4 Å². The molecule has 1 heterocycles. The Morgan fingerprint density at radius 1 is 0.964 bits per heavy atom. The fourth-order valence-corrected chi connectivity index (χ4v) is 2.19. The predicted molar refractivity (Wildman–Crippen MR) is 106 cm³/mol. The van der Waals surface area contributed by atoms with E-state index in [1.165, 1.54) is 12.0 Å². The zero-order valence-corrected chi connectivity index (χ0v) is 16.1. The highest BCUT2D eigenvalue weighted by Gasteiger charge is 2.11. The summed E-state index contributed by atoms with van der Waals surface area (Å²) in [6, 6.07) is 21.2. The Morgan fingerprint density at radius 2 is 1.57 bits per heavy atom. The second-order valence-electron chi connectivity index (χ2n) is 6.01. The molecular formula is C22H23NO5. The van der Waals surface area contributed by atoms with Crippen molar-refractivity contribution in [3.8, 4) is 16.9 Å². The molecule has 3 rings (SSSR count). The lowest BCUT2D eigenvalue weighted by molar-refractivity contribution is -0.115. The van der Waals surface area contributed by atoms with E-state index in [4.69, 9.17) is 9.15 Å². The number of amides is 1. The van der Waals surface area contributed by atoms with E-state index in [0.29, 0.717) is 5.76 Å². The van der Waals surface area contributed by atoms with Crippen LogP contribution in [0, 0.1) is 0 Å². The minimum absolute atomic E-state index is 0.172. The quantitative estimate of drug-likeness (QED) is 0.477. The standard InChI is InChI=1S/C19H16O4.C3H7NO/c1-21-19(20)18-12-11-17(23-18)13-22-16-9-7-15(8-10-16)14-5-3-2-4-6-14;1-4(2)3-5/h2-12H,13H2,1H3;3H,1-2H3. The van der Waals surface area contributed by atoms with Crippen LogP contribution in [0.4, 0.5) is 0 Å². The summed E-state index contributed by atoms with van der Waals surface area (Å²) >= 11 is 0. The molecule has 6 nitrogen and oxygen atoms in total.